The van der Waals surface area contributed by atoms with E-state index in [0.29, 0.717) is 34.5 Å². The fourth-order valence-electron chi connectivity index (χ4n) is 7.84. The molecular formula is C33H68. The fourth-order valence-corrected chi connectivity index (χ4v) is 7.84. The van der Waals surface area contributed by atoms with Crippen LogP contribution in [0.2, 0.25) is 0 Å². The summed E-state index contributed by atoms with van der Waals surface area (Å²) in [6, 6.07) is 0. The molecule has 0 aromatic carbocycles. The SMILES string of the molecule is CC(C)(C)CC(C(C(C)(C)C)C(C)(C)C(C(CC(C)(C)C)C(C)(C)C)C(C)(C)C)C(C)(C)C. The van der Waals surface area contributed by atoms with Crippen LogP contribution in [0, 0.1) is 61.6 Å². The number of hydrogen-bond acceptors (Lipinski definition) is 0. The topological polar surface area (TPSA) is 0 Å². The third-order valence-corrected chi connectivity index (χ3v) is 8.16. The van der Waals surface area contributed by atoms with Gasteiger partial charge in [0, 0.05) is 0 Å². The molecule has 0 radical (unpaired) electrons. The summed E-state index contributed by atoms with van der Waals surface area (Å²) < 4.78 is 0. The minimum atomic E-state index is 0.197. The Morgan fingerprint density at radius 2 is 0.545 bits per heavy atom. The smallest absolute Gasteiger partial charge is 0.0277 e. The van der Waals surface area contributed by atoms with Crippen LogP contribution in [0.15, 0.2) is 0 Å². The molecule has 0 fully saturated rings. The molecule has 0 aromatic heterocycles. The van der Waals surface area contributed by atoms with Gasteiger partial charge < -0.3 is 0 Å². The first-order valence-corrected chi connectivity index (χ1v) is 13.9. The molecule has 0 amide bonds. The van der Waals surface area contributed by atoms with Crippen LogP contribution in [0.1, 0.15) is 151 Å². The Morgan fingerprint density at radius 3 is 0.667 bits per heavy atom. The van der Waals surface area contributed by atoms with Crippen LogP contribution in [0.3, 0.4) is 0 Å². The largest absolute Gasteiger partial charge is 0.0602 e. The molecule has 200 valence electrons. The van der Waals surface area contributed by atoms with Gasteiger partial charge in [-0.25, -0.2) is 0 Å². The maximum Gasteiger partial charge on any atom is -0.0277 e. The van der Waals surface area contributed by atoms with Gasteiger partial charge in [0.15, 0.2) is 0 Å². The van der Waals surface area contributed by atoms with Gasteiger partial charge in [-0.05, 0) is 74.4 Å². The lowest BCUT2D eigenvalue weighted by Crippen LogP contribution is -2.55. The van der Waals surface area contributed by atoms with Crippen LogP contribution in [0.5, 0.6) is 0 Å². The fraction of sp³-hybridized carbons (Fsp3) is 1.00. The van der Waals surface area contributed by atoms with Gasteiger partial charge in [-0.3, -0.25) is 0 Å². The second-order valence-electron chi connectivity index (χ2n) is 19.0. The van der Waals surface area contributed by atoms with E-state index in [9.17, 15) is 0 Å². The zero-order chi connectivity index (χ0) is 27.2. The quantitative estimate of drug-likeness (QED) is 0.366. The Kier molecular flexibility index (Phi) is 9.81. The van der Waals surface area contributed by atoms with Crippen LogP contribution in [0.4, 0.5) is 0 Å². The standard InChI is InChI=1S/C33H68/c1-27(2,3)21-23(29(7,8)9)25(31(13,14)15)33(19,20)26(32(16,17)18)24(30(10,11)12)22-28(4,5)6/h23-26H,21-22H2,1-20H3. The predicted molar refractivity (Wildman–Crippen MR) is 154 cm³/mol. The minimum absolute atomic E-state index is 0.197. The molecule has 4 atom stereocenters. The maximum atomic E-state index is 2.65. The van der Waals surface area contributed by atoms with E-state index in [-0.39, 0.29) is 27.1 Å². The van der Waals surface area contributed by atoms with Crippen LogP contribution in [-0.4, -0.2) is 0 Å². The summed E-state index contributed by atoms with van der Waals surface area (Å²) in [6.45, 7) is 50.1. The Morgan fingerprint density at radius 1 is 0.333 bits per heavy atom. The average Bonchev–Trinajstić information content (AvgIpc) is 2.36. The maximum absolute atomic E-state index is 2.65. The van der Waals surface area contributed by atoms with Crippen molar-refractivity contribution in [3.05, 3.63) is 0 Å². The Bertz CT molecular complexity index is 535. The van der Waals surface area contributed by atoms with Crippen molar-refractivity contribution in [3.8, 4) is 0 Å². The first-order valence-electron chi connectivity index (χ1n) is 13.9. The third kappa shape index (κ3) is 9.88. The molecule has 0 rings (SSSR count). The van der Waals surface area contributed by atoms with Crippen LogP contribution in [0.25, 0.3) is 0 Å². The van der Waals surface area contributed by atoms with Gasteiger partial charge in [0.05, 0.1) is 0 Å². The minimum Gasteiger partial charge on any atom is -0.0602 e. The molecule has 0 saturated carbocycles. The van der Waals surface area contributed by atoms with Crippen molar-refractivity contribution in [1.29, 1.82) is 0 Å². The summed E-state index contributed by atoms with van der Waals surface area (Å²) in [7, 11) is 0. The van der Waals surface area contributed by atoms with Gasteiger partial charge in [-0.2, -0.15) is 0 Å². The van der Waals surface area contributed by atoms with Crippen molar-refractivity contribution in [3.63, 3.8) is 0 Å². The molecule has 0 aliphatic heterocycles. The van der Waals surface area contributed by atoms with Crippen LogP contribution >= 0.6 is 0 Å². The summed E-state index contributed by atoms with van der Waals surface area (Å²) in [6.07, 6.45) is 2.55. The van der Waals surface area contributed by atoms with E-state index in [2.05, 4.69) is 138 Å². The van der Waals surface area contributed by atoms with Crippen molar-refractivity contribution in [2.45, 2.75) is 151 Å². The predicted octanol–water partition coefficient (Wildman–Crippen LogP) is 11.5. The van der Waals surface area contributed by atoms with E-state index in [1.54, 1.807) is 0 Å². The van der Waals surface area contributed by atoms with Crippen molar-refractivity contribution in [1.82, 2.24) is 0 Å². The first kappa shape index (κ1) is 33.0. The lowest BCUT2D eigenvalue weighted by Gasteiger charge is -2.61. The number of rotatable bonds is 6. The Hall–Kier alpha value is 0. The van der Waals surface area contributed by atoms with Gasteiger partial charge in [-0.15, -0.1) is 0 Å². The van der Waals surface area contributed by atoms with E-state index in [1.807, 2.05) is 0 Å². The third-order valence-electron chi connectivity index (χ3n) is 8.16. The molecule has 0 heteroatoms. The summed E-state index contributed by atoms with van der Waals surface area (Å²) in [4.78, 5) is 0. The molecule has 0 nitrogen and oxygen atoms in total. The van der Waals surface area contributed by atoms with E-state index in [4.69, 9.17) is 0 Å². The van der Waals surface area contributed by atoms with Gasteiger partial charge >= 0.3 is 0 Å². The summed E-state index contributed by atoms with van der Waals surface area (Å²) in [5, 5.41) is 0. The van der Waals surface area contributed by atoms with E-state index < -0.39 is 0 Å². The first-order chi connectivity index (χ1) is 13.9. The summed E-state index contributed by atoms with van der Waals surface area (Å²) in [5.41, 5.74) is 1.86. The highest BCUT2D eigenvalue weighted by Gasteiger charge is 2.56. The number of hydrogen-bond donors (Lipinski definition) is 0. The lowest BCUT2D eigenvalue weighted by atomic mass is 9.44. The molecule has 0 aliphatic carbocycles. The van der Waals surface area contributed by atoms with Gasteiger partial charge in [-0.1, -0.05) is 138 Å². The molecule has 33 heavy (non-hydrogen) atoms. The van der Waals surface area contributed by atoms with Crippen molar-refractivity contribution >= 4 is 0 Å². The van der Waals surface area contributed by atoms with Crippen molar-refractivity contribution < 1.29 is 0 Å². The molecule has 0 spiro atoms. The molecular weight excluding hydrogens is 396 g/mol. The van der Waals surface area contributed by atoms with Crippen LogP contribution in [-0.2, 0) is 0 Å². The molecule has 0 saturated heterocycles. The monoisotopic (exact) mass is 465 g/mol. The van der Waals surface area contributed by atoms with E-state index in [1.165, 1.54) is 12.8 Å². The second kappa shape index (κ2) is 9.81. The van der Waals surface area contributed by atoms with Gasteiger partial charge in [0.2, 0.25) is 0 Å². The summed E-state index contributed by atoms with van der Waals surface area (Å²) >= 11 is 0. The highest BCUT2D eigenvalue weighted by molar-refractivity contribution is 5.04. The van der Waals surface area contributed by atoms with Gasteiger partial charge in [0.25, 0.3) is 0 Å². The second-order valence-corrected chi connectivity index (χ2v) is 19.0. The van der Waals surface area contributed by atoms with E-state index >= 15 is 0 Å². The van der Waals surface area contributed by atoms with Crippen molar-refractivity contribution in [2.24, 2.45) is 61.6 Å². The van der Waals surface area contributed by atoms with Gasteiger partial charge in [0.1, 0.15) is 0 Å². The normalized spacial score (nSPS) is 19.3. The van der Waals surface area contributed by atoms with Crippen LogP contribution < -0.4 is 0 Å². The molecule has 0 heterocycles. The highest BCUT2D eigenvalue weighted by atomic mass is 14.6. The highest BCUT2D eigenvalue weighted by Crippen LogP contribution is 2.62. The molecule has 4 unspecified atom stereocenters. The molecule has 0 bridgehead atoms. The zero-order valence-corrected chi connectivity index (χ0v) is 27.2. The molecule has 0 aliphatic rings. The Labute approximate surface area is 212 Å². The molecule has 0 N–H and O–H groups in total. The average molecular weight is 465 g/mol. The lowest BCUT2D eigenvalue weighted by molar-refractivity contribution is -0.126. The zero-order valence-electron chi connectivity index (χ0n) is 27.2. The summed E-state index contributed by atoms with van der Waals surface area (Å²) in [5.74, 6) is 2.57. The van der Waals surface area contributed by atoms with Crippen molar-refractivity contribution in [2.75, 3.05) is 0 Å². The van der Waals surface area contributed by atoms with E-state index in [0.717, 1.165) is 0 Å². The Balaban J connectivity index is 7.20. The molecule has 0 aromatic rings.